The van der Waals surface area contributed by atoms with Gasteiger partial charge in [0.25, 0.3) is 5.91 Å². The van der Waals surface area contributed by atoms with Crippen molar-refractivity contribution < 1.29 is 9.59 Å². The van der Waals surface area contributed by atoms with Crippen molar-refractivity contribution in [3.05, 3.63) is 75.7 Å². The molecule has 0 fully saturated rings. The van der Waals surface area contributed by atoms with Gasteiger partial charge in [-0.15, -0.1) is 0 Å². The molecule has 0 saturated heterocycles. The number of carbonyl (C=O) groups excluding carboxylic acids is 2. The van der Waals surface area contributed by atoms with Gasteiger partial charge < -0.3 is 15.2 Å². The quantitative estimate of drug-likeness (QED) is 0.666. The van der Waals surface area contributed by atoms with Crippen LogP contribution in [0.15, 0.2) is 59.6 Å². The Kier molecular flexibility index (Phi) is 5.75. The molecule has 0 bridgehead atoms. The predicted octanol–water partition coefficient (Wildman–Crippen LogP) is 4.18. The van der Waals surface area contributed by atoms with Crippen LogP contribution in [-0.2, 0) is 4.79 Å². The highest BCUT2D eigenvalue weighted by Gasteiger charge is 2.18. The average Bonchev–Trinajstić information content (AvgIpc) is 3.34. The van der Waals surface area contributed by atoms with Crippen molar-refractivity contribution in [2.45, 2.75) is 12.5 Å². The molecule has 0 radical (unpaired) electrons. The molecule has 0 aliphatic carbocycles. The fourth-order valence-corrected chi connectivity index (χ4v) is 3.63. The monoisotopic (exact) mass is 387 g/mol. The molecule has 2 aromatic heterocycles. The molecule has 2 N–H and O–H groups in total. The van der Waals surface area contributed by atoms with E-state index in [2.05, 4.69) is 10.6 Å². The normalized spacial score (nSPS) is 11.8. The lowest BCUT2D eigenvalue weighted by Crippen LogP contribution is -2.21. The molecule has 0 saturated carbocycles. The molecule has 0 aliphatic heterocycles. The summed E-state index contributed by atoms with van der Waals surface area (Å²) in [6, 6.07) is 10.7. The highest BCUT2D eigenvalue weighted by molar-refractivity contribution is 7.08. The maximum atomic E-state index is 12.6. The van der Waals surface area contributed by atoms with Gasteiger partial charge in [-0.3, -0.25) is 9.59 Å². The van der Waals surface area contributed by atoms with Crippen molar-refractivity contribution in [3.8, 4) is 0 Å². The van der Waals surface area contributed by atoms with E-state index in [1.54, 1.807) is 29.5 Å². The third-order valence-corrected chi connectivity index (χ3v) is 5.05. The van der Waals surface area contributed by atoms with Gasteiger partial charge in [-0.1, -0.05) is 11.6 Å². The van der Waals surface area contributed by atoms with Crippen molar-refractivity contribution in [1.29, 1.82) is 0 Å². The lowest BCUT2D eigenvalue weighted by Gasteiger charge is -2.18. The molecule has 134 valence electrons. The maximum absolute atomic E-state index is 12.6. The topological polar surface area (TPSA) is 63.1 Å². The van der Waals surface area contributed by atoms with Crippen LogP contribution < -0.4 is 10.6 Å². The molecule has 0 unspecified atom stereocenters. The second-order valence-electron chi connectivity index (χ2n) is 5.73. The Balaban J connectivity index is 1.76. The van der Waals surface area contributed by atoms with E-state index in [0.717, 1.165) is 5.56 Å². The number of halogens is 1. The van der Waals surface area contributed by atoms with E-state index in [4.69, 9.17) is 11.6 Å². The summed E-state index contributed by atoms with van der Waals surface area (Å²) in [4.78, 5) is 24.4. The van der Waals surface area contributed by atoms with E-state index >= 15 is 0 Å². The molecule has 5 nitrogen and oxygen atoms in total. The molecule has 0 aliphatic rings. The number of carbonyl (C=O) groups is 2. The number of aromatic nitrogens is 1. The summed E-state index contributed by atoms with van der Waals surface area (Å²) in [5, 5.41) is 9.77. The lowest BCUT2D eigenvalue weighted by atomic mass is 10.1. The largest absolute Gasteiger partial charge is 0.355 e. The van der Waals surface area contributed by atoms with Gasteiger partial charge in [0.1, 0.15) is 0 Å². The van der Waals surface area contributed by atoms with Gasteiger partial charge in [0.05, 0.1) is 23.0 Å². The molecule has 2 amide bonds. The van der Waals surface area contributed by atoms with Crippen molar-refractivity contribution >= 4 is 40.4 Å². The van der Waals surface area contributed by atoms with Crippen molar-refractivity contribution in [1.82, 2.24) is 9.88 Å². The van der Waals surface area contributed by atoms with Gasteiger partial charge in [-0.2, -0.15) is 11.3 Å². The Bertz CT molecular complexity index is 857. The van der Waals surface area contributed by atoms with Crippen LogP contribution in [0.5, 0.6) is 0 Å². The van der Waals surface area contributed by atoms with Crippen molar-refractivity contribution in [2.24, 2.45) is 0 Å². The number of thiophene rings is 1. The fraction of sp³-hybridized carbons (Fsp3) is 0.158. The van der Waals surface area contributed by atoms with E-state index in [0.29, 0.717) is 16.3 Å². The summed E-state index contributed by atoms with van der Waals surface area (Å²) in [7, 11) is 1.53. The molecule has 2 heterocycles. The number of nitrogens with zero attached hydrogens (tertiary/aromatic N) is 1. The molecule has 1 atom stereocenters. The van der Waals surface area contributed by atoms with Gasteiger partial charge in [0, 0.05) is 25.1 Å². The third kappa shape index (κ3) is 4.15. The predicted molar refractivity (Wildman–Crippen MR) is 105 cm³/mol. The second kappa shape index (κ2) is 8.21. The first kappa shape index (κ1) is 18.2. The van der Waals surface area contributed by atoms with E-state index < -0.39 is 0 Å². The minimum atomic E-state index is -0.297. The number of amides is 2. The molecule has 3 rings (SSSR count). The lowest BCUT2D eigenvalue weighted by molar-refractivity contribution is -0.116. The van der Waals surface area contributed by atoms with Gasteiger partial charge >= 0.3 is 0 Å². The minimum absolute atomic E-state index is 0.0815. The minimum Gasteiger partial charge on any atom is -0.355 e. The smallest absolute Gasteiger partial charge is 0.252 e. The van der Waals surface area contributed by atoms with Crippen LogP contribution in [0.3, 0.4) is 0 Å². The number of nitrogens with one attached hydrogen (secondary N) is 2. The van der Waals surface area contributed by atoms with Crippen LogP contribution in [-0.4, -0.2) is 23.4 Å². The van der Waals surface area contributed by atoms with E-state index in [1.807, 2.05) is 45.9 Å². The SMILES string of the molecule is CNC(=O)c1cc(NC(=O)C[C@H](c2ccsc2)n2cccc2)ccc1Cl. The molecule has 3 aromatic rings. The zero-order chi connectivity index (χ0) is 18.5. The first-order chi connectivity index (χ1) is 12.6. The Morgan fingerprint density at radius 2 is 2.00 bits per heavy atom. The molecular weight excluding hydrogens is 370 g/mol. The third-order valence-electron chi connectivity index (χ3n) is 4.02. The van der Waals surface area contributed by atoms with Crippen LogP contribution >= 0.6 is 22.9 Å². The number of benzene rings is 1. The highest BCUT2D eigenvalue weighted by atomic mass is 35.5. The van der Waals surface area contributed by atoms with Gasteiger partial charge in [0.15, 0.2) is 0 Å². The zero-order valence-electron chi connectivity index (χ0n) is 14.1. The van der Waals surface area contributed by atoms with Crippen molar-refractivity contribution in [3.63, 3.8) is 0 Å². The van der Waals surface area contributed by atoms with Crippen LogP contribution in [0, 0.1) is 0 Å². The molecular formula is C19H18ClN3O2S. The van der Waals surface area contributed by atoms with Gasteiger partial charge in [0.2, 0.25) is 5.91 Å². The average molecular weight is 388 g/mol. The number of anilines is 1. The molecule has 0 spiro atoms. The maximum Gasteiger partial charge on any atom is 0.252 e. The number of rotatable bonds is 6. The van der Waals surface area contributed by atoms with Crippen LogP contribution in [0.1, 0.15) is 28.4 Å². The van der Waals surface area contributed by atoms with Crippen molar-refractivity contribution in [2.75, 3.05) is 12.4 Å². The Labute approximate surface area is 160 Å². The Morgan fingerprint density at radius 3 is 2.65 bits per heavy atom. The first-order valence-corrected chi connectivity index (χ1v) is 9.36. The summed E-state index contributed by atoms with van der Waals surface area (Å²) >= 11 is 7.65. The molecule has 7 heteroatoms. The summed E-state index contributed by atoms with van der Waals surface area (Å²) in [6.07, 6.45) is 4.17. The van der Waals surface area contributed by atoms with Crippen LogP contribution in [0.4, 0.5) is 5.69 Å². The van der Waals surface area contributed by atoms with E-state index in [9.17, 15) is 9.59 Å². The van der Waals surface area contributed by atoms with E-state index in [1.165, 1.54) is 7.05 Å². The van der Waals surface area contributed by atoms with Gasteiger partial charge in [-0.25, -0.2) is 0 Å². The van der Waals surface area contributed by atoms with E-state index in [-0.39, 0.29) is 24.3 Å². The number of hydrogen-bond acceptors (Lipinski definition) is 3. The molecule has 26 heavy (non-hydrogen) atoms. The van der Waals surface area contributed by atoms with Crippen LogP contribution in [0.25, 0.3) is 0 Å². The fourth-order valence-electron chi connectivity index (χ4n) is 2.71. The summed E-state index contributed by atoms with van der Waals surface area (Å²) in [5.74, 6) is -0.435. The summed E-state index contributed by atoms with van der Waals surface area (Å²) in [6.45, 7) is 0. The number of hydrogen-bond donors (Lipinski definition) is 2. The Morgan fingerprint density at radius 1 is 1.23 bits per heavy atom. The standard InChI is InChI=1S/C19H18ClN3O2S/c1-21-19(25)15-10-14(4-5-16(15)20)22-18(24)11-17(13-6-9-26-12-13)23-7-2-3-8-23/h2-10,12,17H,11H2,1H3,(H,21,25)(H,22,24)/t17-/m1/s1. The second-order valence-corrected chi connectivity index (χ2v) is 6.92. The summed E-state index contributed by atoms with van der Waals surface area (Å²) < 4.78 is 2.01. The zero-order valence-corrected chi connectivity index (χ0v) is 15.7. The summed E-state index contributed by atoms with van der Waals surface area (Å²) in [5.41, 5.74) is 1.95. The Hall–Kier alpha value is -2.57. The highest BCUT2D eigenvalue weighted by Crippen LogP contribution is 2.26. The van der Waals surface area contributed by atoms with Gasteiger partial charge in [-0.05, 0) is 52.7 Å². The first-order valence-electron chi connectivity index (χ1n) is 8.04. The van der Waals surface area contributed by atoms with Crippen LogP contribution in [0.2, 0.25) is 5.02 Å². The molecule has 1 aromatic carbocycles.